The first-order valence-electron chi connectivity index (χ1n) is 6.30. The van der Waals surface area contributed by atoms with Crippen LogP contribution in [0.15, 0.2) is 48.8 Å². The van der Waals surface area contributed by atoms with Gasteiger partial charge in [-0.05, 0) is 36.4 Å². The van der Waals surface area contributed by atoms with E-state index in [1.807, 2.05) is 0 Å². The molecule has 0 atom stereocenters. The Morgan fingerprint density at radius 2 is 1.15 bits per heavy atom. The van der Waals surface area contributed by atoms with E-state index in [9.17, 15) is 8.78 Å². The standard InChI is InChI=1S/C16H14F2N2/c1-19-7-3-5-15(19)11-9-14(18)12(10-13(11)17)16-6-4-8-20(16)2/h3-10H,1-2H3. The van der Waals surface area contributed by atoms with E-state index in [2.05, 4.69) is 0 Å². The molecule has 20 heavy (non-hydrogen) atoms. The summed E-state index contributed by atoms with van der Waals surface area (Å²) in [5, 5.41) is 0. The summed E-state index contributed by atoms with van der Waals surface area (Å²) in [5.74, 6) is -0.853. The number of aryl methyl sites for hydroxylation is 2. The van der Waals surface area contributed by atoms with Crippen LogP contribution in [-0.2, 0) is 14.1 Å². The Morgan fingerprint density at radius 3 is 1.45 bits per heavy atom. The maximum Gasteiger partial charge on any atom is 0.133 e. The van der Waals surface area contributed by atoms with Gasteiger partial charge < -0.3 is 9.13 Å². The first-order chi connectivity index (χ1) is 9.58. The summed E-state index contributed by atoms with van der Waals surface area (Å²) in [5.41, 5.74) is 1.85. The van der Waals surface area contributed by atoms with Crippen molar-refractivity contribution in [2.75, 3.05) is 0 Å². The maximum atomic E-state index is 14.3. The van der Waals surface area contributed by atoms with Crippen molar-refractivity contribution in [3.8, 4) is 22.5 Å². The second-order valence-electron chi connectivity index (χ2n) is 4.82. The number of hydrogen-bond donors (Lipinski definition) is 0. The van der Waals surface area contributed by atoms with Gasteiger partial charge in [0.2, 0.25) is 0 Å². The van der Waals surface area contributed by atoms with Gasteiger partial charge in [-0.1, -0.05) is 0 Å². The lowest BCUT2D eigenvalue weighted by Gasteiger charge is -2.10. The van der Waals surface area contributed by atoms with E-state index in [0.717, 1.165) is 0 Å². The minimum atomic E-state index is -0.426. The first kappa shape index (κ1) is 12.7. The molecule has 0 amide bonds. The molecule has 4 heteroatoms. The molecule has 2 aromatic heterocycles. The summed E-state index contributed by atoms with van der Waals surface area (Å²) >= 11 is 0. The maximum absolute atomic E-state index is 14.3. The van der Waals surface area contributed by atoms with Gasteiger partial charge in [0.25, 0.3) is 0 Å². The zero-order valence-electron chi connectivity index (χ0n) is 11.3. The normalized spacial score (nSPS) is 11.0. The molecule has 0 radical (unpaired) electrons. The Balaban J connectivity index is 2.17. The molecule has 3 rings (SSSR count). The molecule has 102 valence electrons. The van der Waals surface area contributed by atoms with E-state index in [1.54, 1.807) is 59.9 Å². The molecule has 0 spiro atoms. The third-order valence-corrected chi connectivity index (χ3v) is 3.50. The molecule has 1 aromatic carbocycles. The smallest absolute Gasteiger partial charge is 0.133 e. The number of halogens is 2. The largest absolute Gasteiger partial charge is 0.350 e. The van der Waals surface area contributed by atoms with Crippen molar-refractivity contribution >= 4 is 0 Å². The van der Waals surface area contributed by atoms with E-state index in [0.29, 0.717) is 11.4 Å². The molecular formula is C16H14F2N2. The number of hydrogen-bond acceptors (Lipinski definition) is 0. The van der Waals surface area contributed by atoms with Crippen LogP contribution in [-0.4, -0.2) is 9.13 Å². The quantitative estimate of drug-likeness (QED) is 0.668. The SMILES string of the molecule is Cn1cccc1-c1cc(F)c(-c2cccn2C)cc1F. The Morgan fingerprint density at radius 1 is 0.750 bits per heavy atom. The molecule has 0 saturated carbocycles. The van der Waals surface area contributed by atoms with Crippen molar-refractivity contribution in [2.24, 2.45) is 14.1 Å². The van der Waals surface area contributed by atoms with E-state index >= 15 is 0 Å². The summed E-state index contributed by atoms with van der Waals surface area (Å²) in [6.07, 6.45) is 3.61. The predicted octanol–water partition coefficient (Wildman–Crippen LogP) is 3.98. The molecule has 0 N–H and O–H groups in total. The number of nitrogens with zero attached hydrogens (tertiary/aromatic N) is 2. The van der Waals surface area contributed by atoms with Crippen molar-refractivity contribution in [2.45, 2.75) is 0 Å². The van der Waals surface area contributed by atoms with E-state index in [-0.39, 0.29) is 11.1 Å². The van der Waals surface area contributed by atoms with Gasteiger partial charge in [0.05, 0.1) is 11.4 Å². The van der Waals surface area contributed by atoms with Crippen LogP contribution < -0.4 is 0 Å². The lowest BCUT2D eigenvalue weighted by Crippen LogP contribution is -1.97. The lowest BCUT2D eigenvalue weighted by molar-refractivity contribution is 0.603. The fourth-order valence-corrected chi connectivity index (χ4v) is 2.42. The molecule has 2 heterocycles. The average Bonchev–Trinajstić information content (AvgIpc) is 3.01. The van der Waals surface area contributed by atoms with Crippen molar-refractivity contribution in [3.63, 3.8) is 0 Å². The summed E-state index contributed by atoms with van der Waals surface area (Å²) < 4.78 is 32.1. The van der Waals surface area contributed by atoms with Gasteiger partial charge in [0, 0.05) is 37.6 Å². The van der Waals surface area contributed by atoms with Gasteiger partial charge in [-0.25, -0.2) is 8.78 Å². The van der Waals surface area contributed by atoms with Crippen molar-refractivity contribution in [3.05, 3.63) is 60.4 Å². The van der Waals surface area contributed by atoms with Gasteiger partial charge in [-0.15, -0.1) is 0 Å². The Kier molecular flexibility index (Phi) is 2.93. The van der Waals surface area contributed by atoms with Crippen LogP contribution in [0.1, 0.15) is 0 Å². The van der Waals surface area contributed by atoms with E-state index in [1.165, 1.54) is 12.1 Å². The highest BCUT2D eigenvalue weighted by atomic mass is 19.1. The highest BCUT2D eigenvalue weighted by Gasteiger charge is 2.15. The second kappa shape index (κ2) is 4.63. The third-order valence-electron chi connectivity index (χ3n) is 3.50. The minimum Gasteiger partial charge on any atom is -0.350 e. The zero-order valence-corrected chi connectivity index (χ0v) is 11.3. The van der Waals surface area contributed by atoms with E-state index in [4.69, 9.17) is 0 Å². The summed E-state index contributed by atoms with van der Waals surface area (Å²) in [6, 6.07) is 9.65. The zero-order chi connectivity index (χ0) is 14.3. The topological polar surface area (TPSA) is 9.86 Å². The highest BCUT2D eigenvalue weighted by Crippen LogP contribution is 2.30. The Hall–Kier alpha value is -2.36. The molecule has 3 aromatic rings. The fraction of sp³-hybridized carbons (Fsp3) is 0.125. The van der Waals surface area contributed by atoms with Crippen LogP contribution in [0.5, 0.6) is 0 Å². The van der Waals surface area contributed by atoms with Crippen LogP contribution >= 0.6 is 0 Å². The molecule has 2 nitrogen and oxygen atoms in total. The molecular weight excluding hydrogens is 258 g/mol. The van der Waals surface area contributed by atoms with Crippen molar-refractivity contribution in [1.82, 2.24) is 9.13 Å². The summed E-state index contributed by atoms with van der Waals surface area (Å²) in [7, 11) is 3.61. The lowest BCUT2D eigenvalue weighted by atomic mass is 10.1. The monoisotopic (exact) mass is 272 g/mol. The van der Waals surface area contributed by atoms with Crippen LogP contribution in [0.4, 0.5) is 8.78 Å². The van der Waals surface area contributed by atoms with E-state index < -0.39 is 11.6 Å². The molecule has 0 bridgehead atoms. The predicted molar refractivity (Wildman–Crippen MR) is 75.2 cm³/mol. The van der Waals surface area contributed by atoms with Gasteiger partial charge in [-0.3, -0.25) is 0 Å². The summed E-state index contributed by atoms with van der Waals surface area (Å²) in [4.78, 5) is 0. The number of rotatable bonds is 2. The fourth-order valence-electron chi connectivity index (χ4n) is 2.42. The average molecular weight is 272 g/mol. The van der Waals surface area contributed by atoms with Crippen LogP contribution in [0, 0.1) is 11.6 Å². The highest BCUT2D eigenvalue weighted by molar-refractivity contribution is 5.69. The van der Waals surface area contributed by atoms with Crippen molar-refractivity contribution < 1.29 is 8.78 Å². The molecule has 0 saturated heterocycles. The molecule has 0 aliphatic heterocycles. The first-order valence-corrected chi connectivity index (χ1v) is 6.30. The molecule has 0 unspecified atom stereocenters. The summed E-state index contributed by atoms with van der Waals surface area (Å²) in [6.45, 7) is 0. The molecule has 0 fully saturated rings. The van der Waals surface area contributed by atoms with Gasteiger partial charge in [-0.2, -0.15) is 0 Å². The van der Waals surface area contributed by atoms with Crippen LogP contribution in [0.25, 0.3) is 22.5 Å². The van der Waals surface area contributed by atoms with Gasteiger partial charge >= 0.3 is 0 Å². The van der Waals surface area contributed by atoms with Crippen LogP contribution in [0.2, 0.25) is 0 Å². The minimum absolute atomic E-state index is 0.271. The third kappa shape index (κ3) is 1.93. The number of benzene rings is 1. The second-order valence-corrected chi connectivity index (χ2v) is 4.82. The van der Waals surface area contributed by atoms with Gasteiger partial charge in [0.1, 0.15) is 11.6 Å². The molecule has 0 aliphatic carbocycles. The van der Waals surface area contributed by atoms with Crippen molar-refractivity contribution in [1.29, 1.82) is 0 Å². The Bertz CT molecular complexity index is 703. The van der Waals surface area contributed by atoms with Crippen LogP contribution in [0.3, 0.4) is 0 Å². The van der Waals surface area contributed by atoms with Gasteiger partial charge in [0.15, 0.2) is 0 Å². The number of aromatic nitrogens is 2. The Labute approximate surface area is 115 Å². The molecule has 0 aliphatic rings.